The van der Waals surface area contributed by atoms with Crippen molar-refractivity contribution in [3.63, 3.8) is 0 Å². The highest BCUT2D eigenvalue weighted by Crippen LogP contribution is 2.05. The fraction of sp³-hybridized carbons (Fsp3) is 0.556. The summed E-state index contributed by atoms with van der Waals surface area (Å²) < 4.78 is 4.60. The van der Waals surface area contributed by atoms with Gasteiger partial charge in [-0.25, -0.2) is 4.79 Å². The van der Waals surface area contributed by atoms with Crippen molar-refractivity contribution in [1.29, 1.82) is 0 Å². The molecule has 0 aliphatic carbocycles. The van der Waals surface area contributed by atoms with E-state index in [4.69, 9.17) is 5.11 Å². The van der Waals surface area contributed by atoms with E-state index < -0.39 is 42.9 Å². The number of rotatable bonds is 4. The van der Waals surface area contributed by atoms with Crippen LogP contribution in [0.4, 0.5) is 0 Å². The maximum absolute atomic E-state index is 11.6. The predicted octanol–water partition coefficient (Wildman–Crippen LogP) is -2.04. The normalized spacial score (nSPS) is 20.1. The average Bonchev–Trinajstić information content (AvgIpc) is 2.22. The Bertz CT molecular complexity index is 366. The minimum absolute atomic E-state index is 0.234. The summed E-state index contributed by atoms with van der Waals surface area (Å²) in [6.45, 7) is 0.157. The first kappa shape index (κ1) is 13.1. The topological polar surface area (TPSA) is 113 Å². The Labute approximate surface area is 96.5 Å². The van der Waals surface area contributed by atoms with E-state index in [1.807, 2.05) is 0 Å². The lowest BCUT2D eigenvalue weighted by Gasteiger charge is -2.31. The minimum atomic E-state index is -1.20. The highest BCUT2D eigenvalue weighted by atomic mass is 16.5. The molecule has 3 amide bonds. The molecule has 1 unspecified atom stereocenters. The van der Waals surface area contributed by atoms with E-state index in [1.54, 1.807) is 0 Å². The number of imide groups is 1. The average molecular weight is 244 g/mol. The Morgan fingerprint density at radius 3 is 2.71 bits per heavy atom. The smallest absolute Gasteiger partial charge is 0.329 e. The van der Waals surface area contributed by atoms with Gasteiger partial charge in [-0.1, -0.05) is 0 Å². The van der Waals surface area contributed by atoms with Gasteiger partial charge in [0.2, 0.25) is 17.7 Å². The molecule has 17 heavy (non-hydrogen) atoms. The van der Waals surface area contributed by atoms with Gasteiger partial charge in [0.05, 0.1) is 0 Å². The minimum Gasteiger partial charge on any atom is -0.480 e. The van der Waals surface area contributed by atoms with Gasteiger partial charge in [-0.15, -0.1) is 0 Å². The molecule has 1 saturated heterocycles. The van der Waals surface area contributed by atoms with Crippen molar-refractivity contribution < 1.29 is 29.0 Å². The van der Waals surface area contributed by atoms with E-state index in [0.717, 1.165) is 4.90 Å². The van der Waals surface area contributed by atoms with Crippen molar-refractivity contribution in [2.75, 3.05) is 19.8 Å². The van der Waals surface area contributed by atoms with Gasteiger partial charge in [0, 0.05) is 0 Å². The zero-order valence-corrected chi connectivity index (χ0v) is 9.13. The molecule has 0 aromatic heterocycles. The van der Waals surface area contributed by atoms with Crippen LogP contribution in [0.25, 0.3) is 0 Å². The third kappa shape index (κ3) is 3.52. The van der Waals surface area contributed by atoms with E-state index in [-0.39, 0.29) is 6.54 Å². The molecule has 0 bridgehead atoms. The van der Waals surface area contributed by atoms with E-state index in [0.29, 0.717) is 0 Å². The maximum Gasteiger partial charge on any atom is 0.329 e. The number of carboxylic acid groups (broad SMARTS) is 1. The Balaban J connectivity index is 2.52. The first-order chi connectivity index (χ1) is 7.91. The molecular weight excluding hydrogens is 232 g/mol. The van der Waals surface area contributed by atoms with Gasteiger partial charge < -0.3 is 14.7 Å². The quantitative estimate of drug-likeness (QED) is 0.551. The maximum atomic E-state index is 11.6. The molecule has 0 saturated carbocycles. The Hall–Kier alpha value is -1.96. The van der Waals surface area contributed by atoms with Crippen LogP contribution in [0, 0.1) is 0 Å². The summed E-state index contributed by atoms with van der Waals surface area (Å²) in [5.74, 6) is -2.92. The van der Waals surface area contributed by atoms with Crippen LogP contribution in [0.3, 0.4) is 0 Å². The molecule has 0 radical (unpaired) electrons. The fourth-order valence-corrected chi connectivity index (χ4v) is 1.33. The summed E-state index contributed by atoms with van der Waals surface area (Å²) >= 11 is 0. The molecule has 1 aliphatic heterocycles. The molecule has 1 heterocycles. The van der Waals surface area contributed by atoms with Gasteiger partial charge in [-0.2, -0.15) is 0 Å². The van der Waals surface area contributed by atoms with E-state index >= 15 is 0 Å². The number of aliphatic carboxylic acids is 1. The molecule has 0 spiro atoms. The van der Waals surface area contributed by atoms with Gasteiger partial charge in [-0.05, 0) is 6.92 Å². The van der Waals surface area contributed by atoms with Crippen molar-refractivity contribution in [1.82, 2.24) is 10.2 Å². The number of piperazine rings is 1. The molecule has 0 aromatic rings. The lowest BCUT2D eigenvalue weighted by molar-refractivity contribution is -0.154. The highest BCUT2D eigenvalue weighted by Gasteiger charge is 2.33. The van der Waals surface area contributed by atoms with Crippen LogP contribution < -0.4 is 5.32 Å². The zero-order valence-electron chi connectivity index (χ0n) is 9.13. The van der Waals surface area contributed by atoms with Crippen LogP contribution in [-0.4, -0.2) is 59.5 Å². The van der Waals surface area contributed by atoms with Crippen LogP contribution in [0.2, 0.25) is 0 Å². The lowest BCUT2D eigenvalue weighted by atomic mass is 10.2. The molecule has 94 valence electrons. The second kappa shape index (κ2) is 5.39. The fourth-order valence-electron chi connectivity index (χ4n) is 1.33. The standard InChI is InChI=1S/C9H12N2O6/c1-5-9(16)10-6(12)2-11(5)7(13)3-17-4-8(14)15/h5H,2-4H2,1H3,(H,14,15)(H,10,12,16). The zero-order chi connectivity index (χ0) is 13.0. The third-order valence-corrected chi connectivity index (χ3v) is 2.19. The molecule has 2 N–H and O–H groups in total. The number of nitrogens with one attached hydrogen (secondary N) is 1. The Kier molecular flexibility index (Phi) is 4.16. The van der Waals surface area contributed by atoms with Gasteiger partial charge >= 0.3 is 5.97 Å². The highest BCUT2D eigenvalue weighted by molar-refractivity contribution is 6.04. The summed E-state index contributed by atoms with van der Waals surface area (Å²) in [4.78, 5) is 45.1. The van der Waals surface area contributed by atoms with Crippen LogP contribution >= 0.6 is 0 Å². The lowest BCUT2D eigenvalue weighted by Crippen LogP contribution is -2.59. The molecule has 8 heteroatoms. The molecule has 1 fully saturated rings. The summed E-state index contributed by atoms with van der Waals surface area (Å²) in [5, 5.41) is 10.4. The summed E-state index contributed by atoms with van der Waals surface area (Å²) in [6.07, 6.45) is 0. The van der Waals surface area contributed by atoms with Gasteiger partial charge in [0.25, 0.3) is 0 Å². The summed E-state index contributed by atoms with van der Waals surface area (Å²) in [6, 6.07) is -0.770. The number of carbonyl (C=O) groups is 4. The predicted molar refractivity (Wildman–Crippen MR) is 52.8 cm³/mol. The van der Waals surface area contributed by atoms with E-state index in [2.05, 4.69) is 10.1 Å². The van der Waals surface area contributed by atoms with Crippen molar-refractivity contribution in [2.24, 2.45) is 0 Å². The molecule has 8 nitrogen and oxygen atoms in total. The number of nitrogens with zero attached hydrogens (tertiary/aromatic N) is 1. The number of ether oxygens (including phenoxy) is 1. The number of carbonyl (C=O) groups excluding carboxylic acids is 3. The molecule has 1 atom stereocenters. The van der Waals surface area contributed by atoms with Gasteiger partial charge in [0.1, 0.15) is 25.8 Å². The SMILES string of the molecule is CC1C(=O)NC(=O)CN1C(=O)COCC(=O)O. The molecular formula is C9H12N2O6. The van der Waals surface area contributed by atoms with Crippen LogP contribution in [0.1, 0.15) is 6.92 Å². The molecule has 0 aromatic carbocycles. The van der Waals surface area contributed by atoms with Crippen LogP contribution in [0.15, 0.2) is 0 Å². The van der Waals surface area contributed by atoms with Crippen molar-refractivity contribution in [3.05, 3.63) is 0 Å². The number of amides is 3. The Morgan fingerprint density at radius 2 is 2.12 bits per heavy atom. The first-order valence-corrected chi connectivity index (χ1v) is 4.84. The van der Waals surface area contributed by atoms with E-state index in [9.17, 15) is 19.2 Å². The summed E-state index contributed by atoms with van der Waals surface area (Å²) in [7, 11) is 0. The van der Waals surface area contributed by atoms with Crippen molar-refractivity contribution >= 4 is 23.7 Å². The van der Waals surface area contributed by atoms with E-state index in [1.165, 1.54) is 6.92 Å². The van der Waals surface area contributed by atoms with Crippen LogP contribution in [-0.2, 0) is 23.9 Å². The largest absolute Gasteiger partial charge is 0.480 e. The third-order valence-electron chi connectivity index (χ3n) is 2.19. The molecule has 1 aliphatic rings. The van der Waals surface area contributed by atoms with Gasteiger partial charge in [0.15, 0.2) is 0 Å². The first-order valence-electron chi connectivity index (χ1n) is 4.84. The molecule has 1 rings (SSSR count). The second-order valence-corrected chi connectivity index (χ2v) is 3.50. The van der Waals surface area contributed by atoms with Gasteiger partial charge in [-0.3, -0.25) is 19.7 Å². The Morgan fingerprint density at radius 1 is 1.47 bits per heavy atom. The monoisotopic (exact) mass is 244 g/mol. The second-order valence-electron chi connectivity index (χ2n) is 3.50. The summed E-state index contributed by atoms with van der Waals surface area (Å²) in [5.41, 5.74) is 0. The number of carboxylic acids is 1. The number of hydrogen-bond donors (Lipinski definition) is 2. The number of hydrogen-bond acceptors (Lipinski definition) is 5. The van der Waals surface area contributed by atoms with Crippen molar-refractivity contribution in [3.8, 4) is 0 Å². The van der Waals surface area contributed by atoms with Crippen molar-refractivity contribution in [2.45, 2.75) is 13.0 Å². The van der Waals surface area contributed by atoms with Crippen LogP contribution in [0.5, 0.6) is 0 Å².